The van der Waals surface area contributed by atoms with Crippen molar-refractivity contribution in [2.45, 2.75) is 0 Å². The van der Waals surface area contributed by atoms with E-state index in [1.807, 2.05) is 5.38 Å². The molecule has 0 bridgehead atoms. The Labute approximate surface area is 66.9 Å². The second-order valence-electron chi connectivity index (χ2n) is 1.21. The van der Waals surface area contributed by atoms with Gasteiger partial charge >= 0.3 is 6.03 Å². The molecule has 1 rings (SSSR count). The molecule has 0 saturated heterocycles. The number of hydrogen-bond donors (Lipinski definition) is 4. The third-order valence-corrected chi connectivity index (χ3v) is 0.977. The Kier molecular flexibility index (Phi) is 6.08. The molecule has 0 fully saturated rings. The zero-order valence-electron chi connectivity index (χ0n) is 5.52. The molecular formula is C3H8N6OS. The Morgan fingerprint density at radius 3 is 2.18 bits per heavy atom. The highest BCUT2D eigenvalue weighted by atomic mass is 32.1. The summed E-state index contributed by atoms with van der Waals surface area (Å²) in [4.78, 5) is 9.71. The minimum Gasteiger partial charge on any atom is -0.275 e. The van der Waals surface area contributed by atoms with Gasteiger partial charge < -0.3 is 0 Å². The molecule has 1 heterocycles. The van der Waals surface area contributed by atoms with Gasteiger partial charge in [0, 0.05) is 5.38 Å². The first-order valence-electron chi connectivity index (χ1n) is 2.49. The highest BCUT2D eigenvalue weighted by molar-refractivity contribution is 7.03. The second-order valence-corrected chi connectivity index (χ2v) is 1.85. The number of urea groups is 1. The molecule has 7 nitrogen and oxygen atoms in total. The van der Waals surface area contributed by atoms with E-state index in [4.69, 9.17) is 0 Å². The van der Waals surface area contributed by atoms with Gasteiger partial charge in [-0.2, -0.15) is 0 Å². The fraction of sp³-hybridized carbons (Fsp3) is 0. The molecule has 11 heavy (non-hydrogen) atoms. The molecule has 0 spiro atoms. The number of nitrogens with one attached hydrogen (secondary N) is 2. The third-order valence-electron chi connectivity index (χ3n) is 0.545. The lowest BCUT2D eigenvalue weighted by Gasteiger charge is -1.90. The van der Waals surface area contributed by atoms with Crippen LogP contribution in [0, 0.1) is 0 Å². The molecule has 2 amide bonds. The molecule has 0 unspecified atom stereocenters. The van der Waals surface area contributed by atoms with Crippen LogP contribution in [0.5, 0.6) is 0 Å². The van der Waals surface area contributed by atoms with Crippen molar-refractivity contribution in [1.29, 1.82) is 0 Å². The number of nitrogens with two attached hydrogens (primary N) is 2. The van der Waals surface area contributed by atoms with Gasteiger partial charge in [-0.25, -0.2) is 16.5 Å². The van der Waals surface area contributed by atoms with Gasteiger partial charge in [0.15, 0.2) is 0 Å². The SMILES string of the molecule is NNC(=O)NN.c1csnn1. The van der Waals surface area contributed by atoms with Crippen LogP contribution in [-0.2, 0) is 0 Å². The lowest BCUT2D eigenvalue weighted by molar-refractivity contribution is 0.241. The predicted octanol–water partition coefficient (Wildman–Crippen LogP) is -1.43. The predicted molar refractivity (Wildman–Crippen MR) is 40.0 cm³/mol. The van der Waals surface area contributed by atoms with Gasteiger partial charge in [0.25, 0.3) is 0 Å². The van der Waals surface area contributed by atoms with Gasteiger partial charge in [-0.3, -0.25) is 10.9 Å². The maximum Gasteiger partial charge on any atom is 0.343 e. The maximum atomic E-state index is 9.71. The Morgan fingerprint density at radius 1 is 1.45 bits per heavy atom. The largest absolute Gasteiger partial charge is 0.343 e. The summed E-state index contributed by atoms with van der Waals surface area (Å²) in [7, 11) is 0. The van der Waals surface area contributed by atoms with E-state index < -0.39 is 6.03 Å². The quantitative estimate of drug-likeness (QED) is 0.219. The van der Waals surface area contributed by atoms with Gasteiger partial charge in [-0.15, -0.1) is 5.10 Å². The van der Waals surface area contributed by atoms with Crippen LogP contribution in [0.4, 0.5) is 4.79 Å². The zero-order valence-corrected chi connectivity index (χ0v) is 6.34. The maximum absolute atomic E-state index is 9.71. The van der Waals surface area contributed by atoms with Crippen molar-refractivity contribution in [2.75, 3.05) is 0 Å². The number of nitrogens with zero attached hydrogens (tertiary/aromatic N) is 2. The number of carbonyl (C=O) groups is 1. The molecule has 6 N–H and O–H groups in total. The topological polar surface area (TPSA) is 119 Å². The molecule has 0 radical (unpaired) electrons. The fourth-order valence-electron chi connectivity index (χ4n) is 0.178. The molecule has 0 aliphatic heterocycles. The summed E-state index contributed by atoms with van der Waals surface area (Å²) in [6.45, 7) is 0. The lowest BCUT2D eigenvalue weighted by atomic mass is 11.1. The first-order valence-corrected chi connectivity index (χ1v) is 3.33. The van der Waals surface area contributed by atoms with E-state index in [0.29, 0.717) is 0 Å². The van der Waals surface area contributed by atoms with Gasteiger partial charge in [0.1, 0.15) is 0 Å². The van der Waals surface area contributed by atoms with Crippen molar-refractivity contribution in [3.05, 3.63) is 11.6 Å². The van der Waals surface area contributed by atoms with Crippen molar-refractivity contribution in [1.82, 2.24) is 20.4 Å². The van der Waals surface area contributed by atoms with Crippen LogP contribution >= 0.6 is 11.5 Å². The van der Waals surface area contributed by atoms with Crippen LogP contribution in [-0.4, -0.2) is 15.6 Å². The average Bonchev–Trinajstić information content (AvgIpc) is 2.60. The molecule has 62 valence electrons. The Hall–Kier alpha value is -1.25. The van der Waals surface area contributed by atoms with Crippen LogP contribution in [0.15, 0.2) is 11.6 Å². The van der Waals surface area contributed by atoms with Crippen LogP contribution < -0.4 is 22.5 Å². The summed E-state index contributed by atoms with van der Waals surface area (Å²) in [6.07, 6.45) is 1.66. The van der Waals surface area contributed by atoms with Crippen molar-refractivity contribution in [3.8, 4) is 0 Å². The van der Waals surface area contributed by atoms with E-state index in [-0.39, 0.29) is 0 Å². The van der Waals surface area contributed by atoms with E-state index in [0.717, 1.165) is 0 Å². The van der Waals surface area contributed by atoms with Gasteiger partial charge in [0.2, 0.25) is 0 Å². The highest BCUT2D eigenvalue weighted by Gasteiger charge is 1.83. The molecule has 0 aliphatic rings. The van der Waals surface area contributed by atoms with Crippen molar-refractivity contribution >= 4 is 17.6 Å². The Morgan fingerprint density at radius 2 is 2.09 bits per heavy atom. The van der Waals surface area contributed by atoms with Crippen molar-refractivity contribution < 1.29 is 4.79 Å². The van der Waals surface area contributed by atoms with E-state index in [2.05, 4.69) is 21.3 Å². The summed E-state index contributed by atoms with van der Waals surface area (Å²) in [5.41, 5.74) is 3.48. The molecule has 1 aromatic heterocycles. The highest BCUT2D eigenvalue weighted by Crippen LogP contribution is 1.78. The van der Waals surface area contributed by atoms with Crippen LogP contribution in [0.1, 0.15) is 0 Å². The van der Waals surface area contributed by atoms with E-state index in [1.165, 1.54) is 11.5 Å². The zero-order chi connectivity index (χ0) is 8.53. The smallest absolute Gasteiger partial charge is 0.275 e. The molecule has 1 aromatic rings. The van der Waals surface area contributed by atoms with Crippen LogP contribution in [0.25, 0.3) is 0 Å². The number of aromatic nitrogens is 2. The summed E-state index contributed by atoms with van der Waals surface area (Å²) < 4.78 is 3.51. The molecule has 8 heteroatoms. The summed E-state index contributed by atoms with van der Waals surface area (Å²) in [5, 5.41) is 5.31. The Bertz CT molecular complexity index is 153. The summed E-state index contributed by atoms with van der Waals surface area (Å²) >= 11 is 1.35. The summed E-state index contributed by atoms with van der Waals surface area (Å²) in [6, 6.07) is -0.602. The normalized spacial score (nSPS) is 7.45. The summed E-state index contributed by atoms with van der Waals surface area (Å²) in [5.74, 6) is 9.08. The number of hydrogen-bond acceptors (Lipinski definition) is 6. The first-order chi connectivity index (χ1) is 5.31. The van der Waals surface area contributed by atoms with E-state index >= 15 is 0 Å². The second kappa shape index (κ2) is 6.86. The lowest BCUT2D eigenvalue weighted by Crippen LogP contribution is -2.43. The molecular weight excluding hydrogens is 168 g/mol. The molecule has 0 aromatic carbocycles. The van der Waals surface area contributed by atoms with Gasteiger partial charge in [-0.1, -0.05) is 4.49 Å². The average molecular weight is 176 g/mol. The van der Waals surface area contributed by atoms with Crippen LogP contribution in [0.2, 0.25) is 0 Å². The van der Waals surface area contributed by atoms with E-state index in [1.54, 1.807) is 17.0 Å². The monoisotopic (exact) mass is 176 g/mol. The van der Waals surface area contributed by atoms with Gasteiger partial charge in [0.05, 0.1) is 6.20 Å². The molecule has 0 aliphatic carbocycles. The van der Waals surface area contributed by atoms with Crippen molar-refractivity contribution in [3.63, 3.8) is 0 Å². The minimum absolute atomic E-state index is 0.602. The number of rotatable bonds is 0. The van der Waals surface area contributed by atoms with Gasteiger partial charge in [-0.05, 0) is 11.5 Å². The standard InChI is InChI=1S/C2H2N2S.CH6N4O/c1-2-5-4-3-1;2-4-1(6)5-3/h1-2H;2-3H2,(H2,4,5,6). The molecule has 0 atom stereocenters. The van der Waals surface area contributed by atoms with E-state index in [9.17, 15) is 4.79 Å². The molecule has 0 saturated carbocycles. The van der Waals surface area contributed by atoms with Crippen LogP contribution in [0.3, 0.4) is 0 Å². The number of hydrazine groups is 2. The van der Waals surface area contributed by atoms with Crippen molar-refractivity contribution in [2.24, 2.45) is 11.7 Å². The fourth-order valence-corrected chi connectivity index (χ4v) is 0.450. The first kappa shape index (κ1) is 9.75. The third kappa shape index (κ3) is 6.64. The minimum atomic E-state index is -0.602. The Balaban J connectivity index is 0.000000183. The number of amides is 2. The number of carbonyl (C=O) groups excluding carboxylic acids is 1.